The van der Waals surface area contributed by atoms with E-state index in [4.69, 9.17) is 0 Å². The minimum absolute atomic E-state index is 0.477. The number of nitrogens with one attached hydrogen (secondary N) is 1. The van der Waals surface area contributed by atoms with Crippen molar-refractivity contribution >= 4 is 11.4 Å². The summed E-state index contributed by atoms with van der Waals surface area (Å²) < 4.78 is 0. The highest BCUT2D eigenvalue weighted by molar-refractivity contribution is 5.69. The van der Waals surface area contributed by atoms with Crippen LogP contribution in [0.3, 0.4) is 0 Å². The number of hydrogen-bond acceptors (Lipinski definition) is 2. The Labute approximate surface area is 173 Å². The molecule has 0 aliphatic rings. The van der Waals surface area contributed by atoms with E-state index in [0.29, 0.717) is 23.7 Å². The third kappa shape index (κ3) is 4.71. The van der Waals surface area contributed by atoms with Crippen LogP contribution in [0.1, 0.15) is 108 Å². The van der Waals surface area contributed by atoms with Crippen LogP contribution in [0.5, 0.6) is 0 Å². The lowest BCUT2D eigenvalue weighted by Crippen LogP contribution is -2.33. The van der Waals surface area contributed by atoms with Crippen molar-refractivity contribution in [3.63, 3.8) is 0 Å². The average molecular weight is 381 g/mol. The predicted octanol–water partition coefficient (Wildman–Crippen LogP) is 8.03. The van der Waals surface area contributed by atoms with Crippen LogP contribution in [0.25, 0.3) is 0 Å². The predicted molar refractivity (Wildman–Crippen MR) is 126 cm³/mol. The quantitative estimate of drug-likeness (QED) is 0.466. The number of benzene rings is 2. The van der Waals surface area contributed by atoms with Gasteiger partial charge in [-0.2, -0.15) is 0 Å². The highest BCUT2D eigenvalue weighted by Crippen LogP contribution is 2.38. The van der Waals surface area contributed by atoms with Crippen LogP contribution in [0.2, 0.25) is 0 Å². The van der Waals surface area contributed by atoms with E-state index >= 15 is 0 Å². The number of para-hydroxylation sites is 2. The summed E-state index contributed by atoms with van der Waals surface area (Å²) in [6, 6.07) is 13.5. The van der Waals surface area contributed by atoms with Crippen molar-refractivity contribution in [1.29, 1.82) is 0 Å². The maximum Gasteiger partial charge on any atom is 0.0640 e. The zero-order chi connectivity index (χ0) is 21.0. The minimum Gasteiger partial charge on any atom is -0.298 e. The summed E-state index contributed by atoms with van der Waals surface area (Å²) in [7, 11) is 0. The molecular formula is C26H40N2. The molecule has 0 spiro atoms. The van der Waals surface area contributed by atoms with Crippen LogP contribution in [0, 0.1) is 0 Å². The fourth-order valence-corrected chi connectivity index (χ4v) is 3.93. The van der Waals surface area contributed by atoms with E-state index in [2.05, 4.69) is 109 Å². The summed E-state index contributed by atoms with van der Waals surface area (Å²) in [4.78, 5) is 0. The first kappa shape index (κ1) is 22.3. The van der Waals surface area contributed by atoms with Gasteiger partial charge in [-0.25, -0.2) is 0 Å². The van der Waals surface area contributed by atoms with Gasteiger partial charge in [-0.05, 0) is 52.8 Å². The third-order valence-corrected chi connectivity index (χ3v) is 5.55. The SMILES string of the molecule is CCN(Nc1c(C(C)C)cccc1C(C)C)c1c(C(C)C)cccc1C(C)C. The molecule has 0 bridgehead atoms. The summed E-state index contributed by atoms with van der Waals surface area (Å²) >= 11 is 0. The highest BCUT2D eigenvalue weighted by atomic mass is 15.5. The lowest BCUT2D eigenvalue weighted by molar-refractivity contribution is 0.796. The smallest absolute Gasteiger partial charge is 0.0640 e. The highest BCUT2D eigenvalue weighted by Gasteiger charge is 2.21. The van der Waals surface area contributed by atoms with E-state index < -0.39 is 0 Å². The van der Waals surface area contributed by atoms with Gasteiger partial charge in [0.2, 0.25) is 0 Å². The number of hydrazine groups is 1. The van der Waals surface area contributed by atoms with Gasteiger partial charge in [-0.3, -0.25) is 10.4 Å². The maximum absolute atomic E-state index is 3.87. The number of nitrogens with zero attached hydrogens (tertiary/aromatic N) is 1. The summed E-state index contributed by atoms with van der Waals surface area (Å²) in [6.07, 6.45) is 0. The van der Waals surface area contributed by atoms with Crippen molar-refractivity contribution in [2.75, 3.05) is 17.0 Å². The van der Waals surface area contributed by atoms with Crippen LogP contribution >= 0.6 is 0 Å². The van der Waals surface area contributed by atoms with Gasteiger partial charge in [0, 0.05) is 6.54 Å². The van der Waals surface area contributed by atoms with E-state index in [1.165, 1.54) is 33.6 Å². The Morgan fingerprint density at radius 1 is 0.643 bits per heavy atom. The maximum atomic E-state index is 3.87. The number of rotatable bonds is 8. The second-order valence-corrected chi connectivity index (χ2v) is 9.07. The summed E-state index contributed by atoms with van der Waals surface area (Å²) in [6.45, 7) is 21.4. The first-order valence-corrected chi connectivity index (χ1v) is 11.0. The molecule has 0 amide bonds. The molecule has 1 N–H and O–H groups in total. The molecule has 0 saturated carbocycles. The van der Waals surface area contributed by atoms with Crippen molar-refractivity contribution in [3.05, 3.63) is 58.7 Å². The molecule has 0 aromatic heterocycles. The van der Waals surface area contributed by atoms with Crippen molar-refractivity contribution in [2.24, 2.45) is 0 Å². The van der Waals surface area contributed by atoms with Crippen LogP contribution in [-0.2, 0) is 0 Å². The molecule has 0 fully saturated rings. The lowest BCUT2D eigenvalue weighted by atomic mass is 9.91. The van der Waals surface area contributed by atoms with E-state index in [1.54, 1.807) is 0 Å². The molecule has 154 valence electrons. The molecule has 0 radical (unpaired) electrons. The van der Waals surface area contributed by atoms with E-state index in [1.807, 2.05) is 0 Å². The molecule has 2 nitrogen and oxygen atoms in total. The van der Waals surface area contributed by atoms with Crippen LogP contribution < -0.4 is 10.4 Å². The fraction of sp³-hybridized carbons (Fsp3) is 0.538. The first-order chi connectivity index (χ1) is 13.2. The largest absolute Gasteiger partial charge is 0.298 e. The molecule has 0 saturated heterocycles. The van der Waals surface area contributed by atoms with E-state index in [9.17, 15) is 0 Å². The van der Waals surface area contributed by atoms with Gasteiger partial charge < -0.3 is 0 Å². The Hall–Kier alpha value is -1.96. The topological polar surface area (TPSA) is 15.3 Å². The molecule has 2 aromatic carbocycles. The zero-order valence-electron chi connectivity index (χ0n) is 19.4. The molecule has 2 rings (SSSR count). The molecule has 0 heterocycles. The summed E-state index contributed by atoms with van der Waals surface area (Å²) in [5, 5.41) is 2.37. The van der Waals surface area contributed by atoms with Gasteiger partial charge >= 0.3 is 0 Å². The van der Waals surface area contributed by atoms with Crippen molar-refractivity contribution < 1.29 is 0 Å². The Bertz CT molecular complexity index is 719. The molecule has 0 atom stereocenters. The molecule has 0 aliphatic carbocycles. The number of anilines is 2. The van der Waals surface area contributed by atoms with Gasteiger partial charge in [-0.15, -0.1) is 0 Å². The second-order valence-electron chi connectivity index (χ2n) is 9.07. The third-order valence-electron chi connectivity index (χ3n) is 5.55. The van der Waals surface area contributed by atoms with Gasteiger partial charge in [0.1, 0.15) is 0 Å². The average Bonchev–Trinajstić information content (AvgIpc) is 2.64. The molecule has 0 aliphatic heterocycles. The molecule has 2 heteroatoms. The van der Waals surface area contributed by atoms with Gasteiger partial charge in [0.05, 0.1) is 11.4 Å². The van der Waals surface area contributed by atoms with Crippen LogP contribution in [0.4, 0.5) is 11.4 Å². The number of hydrogen-bond donors (Lipinski definition) is 1. The van der Waals surface area contributed by atoms with Crippen molar-refractivity contribution in [1.82, 2.24) is 0 Å². The lowest BCUT2D eigenvalue weighted by Gasteiger charge is -2.34. The van der Waals surface area contributed by atoms with Crippen LogP contribution in [-0.4, -0.2) is 6.54 Å². The summed E-state index contributed by atoms with van der Waals surface area (Å²) in [5.41, 5.74) is 12.1. The normalized spacial score (nSPS) is 11.8. The Balaban J connectivity index is 2.64. The fourth-order valence-electron chi connectivity index (χ4n) is 3.93. The van der Waals surface area contributed by atoms with E-state index in [-0.39, 0.29) is 0 Å². The van der Waals surface area contributed by atoms with Gasteiger partial charge in [-0.1, -0.05) is 91.8 Å². The molecule has 0 unspecified atom stereocenters. The second kappa shape index (κ2) is 9.49. The van der Waals surface area contributed by atoms with Crippen molar-refractivity contribution in [3.8, 4) is 0 Å². The molecular weight excluding hydrogens is 340 g/mol. The zero-order valence-corrected chi connectivity index (χ0v) is 19.4. The molecule has 28 heavy (non-hydrogen) atoms. The van der Waals surface area contributed by atoms with E-state index in [0.717, 1.165) is 6.54 Å². The summed E-state index contributed by atoms with van der Waals surface area (Å²) in [5.74, 6) is 1.92. The van der Waals surface area contributed by atoms with Gasteiger partial charge in [0.15, 0.2) is 0 Å². The minimum atomic E-state index is 0.477. The van der Waals surface area contributed by atoms with Gasteiger partial charge in [0.25, 0.3) is 0 Å². The molecule has 2 aromatic rings. The monoisotopic (exact) mass is 380 g/mol. The Morgan fingerprint density at radius 2 is 1.00 bits per heavy atom. The first-order valence-electron chi connectivity index (χ1n) is 11.0. The Morgan fingerprint density at radius 3 is 1.32 bits per heavy atom. The van der Waals surface area contributed by atoms with Crippen molar-refractivity contribution in [2.45, 2.75) is 86.0 Å². The standard InChI is InChI=1S/C26H40N2/c1-10-28(26-23(19(6)7)15-12-16-24(26)20(8)9)27-25-21(17(2)3)13-11-14-22(25)18(4)5/h11-20,27H,10H2,1-9H3. The Kier molecular flexibility index (Phi) is 7.57. The van der Waals surface area contributed by atoms with Crippen LogP contribution in [0.15, 0.2) is 36.4 Å².